The molecule has 5 rings (SSSR count). The lowest BCUT2D eigenvalue weighted by Crippen LogP contribution is -2.54. The van der Waals surface area contributed by atoms with Gasteiger partial charge in [0, 0.05) is 34.0 Å². The van der Waals surface area contributed by atoms with Crippen LogP contribution in [0.3, 0.4) is 0 Å². The van der Waals surface area contributed by atoms with Crippen LogP contribution in [-0.2, 0) is 22.7 Å². The van der Waals surface area contributed by atoms with Crippen LogP contribution in [0.1, 0.15) is 88.4 Å². The van der Waals surface area contributed by atoms with Crippen LogP contribution in [-0.4, -0.2) is 25.3 Å². The average molecular weight is 659 g/mol. The first kappa shape index (κ1) is 34.7. The zero-order chi connectivity index (χ0) is 32.5. The average Bonchev–Trinajstić information content (AvgIpc) is 3.05. The van der Waals surface area contributed by atoms with E-state index in [1.165, 1.54) is 63.8 Å². The number of hydrogen-bond acceptors (Lipinski definition) is 3. The predicted octanol–water partition coefficient (Wildman–Crippen LogP) is 10.8. The summed E-state index contributed by atoms with van der Waals surface area (Å²) < 4.78 is 13.1. The maximum atomic E-state index is 6.63. The van der Waals surface area contributed by atoms with E-state index in [0.29, 0.717) is 26.4 Å². The van der Waals surface area contributed by atoms with Crippen molar-refractivity contribution in [3.63, 3.8) is 0 Å². The van der Waals surface area contributed by atoms with Gasteiger partial charge in [0.15, 0.2) is 0 Å². The number of nitrogens with one attached hydrogen (secondary N) is 1. The lowest BCUT2D eigenvalue weighted by molar-refractivity contribution is 0.0570. The van der Waals surface area contributed by atoms with Gasteiger partial charge in [-0.3, -0.25) is 0 Å². The van der Waals surface area contributed by atoms with Gasteiger partial charge in [0.25, 0.3) is 0 Å². The summed E-state index contributed by atoms with van der Waals surface area (Å²) in [6.45, 7) is 11.9. The molecule has 0 heterocycles. The quantitative estimate of drug-likeness (QED) is 0.146. The molecule has 0 aromatic heterocycles. The lowest BCUT2D eigenvalue weighted by Gasteiger charge is -2.45. The molecule has 0 aliphatic heterocycles. The molecule has 1 aliphatic carbocycles. The van der Waals surface area contributed by atoms with E-state index in [1.807, 2.05) is 24.3 Å². The normalized spacial score (nSPS) is 15.9. The summed E-state index contributed by atoms with van der Waals surface area (Å²) >= 11 is 12.7. The van der Waals surface area contributed by atoms with Gasteiger partial charge in [0.05, 0.1) is 26.4 Å². The Balaban J connectivity index is 1.39. The summed E-state index contributed by atoms with van der Waals surface area (Å²) in [6, 6.07) is 29.6. The van der Waals surface area contributed by atoms with Gasteiger partial charge in [-0.15, -0.1) is 0 Å². The number of ether oxygens (including phenoxy) is 2. The molecular formula is C41H49Cl2NO2. The van der Waals surface area contributed by atoms with E-state index in [4.69, 9.17) is 32.7 Å². The van der Waals surface area contributed by atoms with E-state index < -0.39 is 0 Å². The summed E-state index contributed by atoms with van der Waals surface area (Å²) in [5.41, 5.74) is 10.1. The smallest absolute Gasteiger partial charge is 0.0722 e. The first-order valence-electron chi connectivity index (χ1n) is 16.8. The Hall–Kier alpha value is -2.66. The molecule has 1 fully saturated rings. The van der Waals surface area contributed by atoms with Crippen molar-refractivity contribution in [1.82, 2.24) is 5.32 Å². The Morgan fingerprint density at radius 1 is 0.609 bits per heavy atom. The zero-order valence-electron chi connectivity index (χ0n) is 27.9. The first-order chi connectivity index (χ1) is 22.3. The van der Waals surface area contributed by atoms with Crippen molar-refractivity contribution in [2.45, 2.75) is 90.4 Å². The highest BCUT2D eigenvalue weighted by atomic mass is 35.5. The first-order valence-corrected chi connectivity index (χ1v) is 17.5. The Morgan fingerprint density at radius 2 is 1.07 bits per heavy atom. The van der Waals surface area contributed by atoms with E-state index in [-0.39, 0.29) is 17.4 Å². The van der Waals surface area contributed by atoms with Crippen molar-refractivity contribution >= 4 is 23.2 Å². The van der Waals surface area contributed by atoms with Crippen LogP contribution >= 0.6 is 23.2 Å². The van der Waals surface area contributed by atoms with Gasteiger partial charge in [0.2, 0.25) is 0 Å². The summed E-state index contributed by atoms with van der Waals surface area (Å²) in [7, 11) is 0. The highest BCUT2D eigenvalue weighted by Crippen LogP contribution is 2.41. The van der Waals surface area contributed by atoms with Gasteiger partial charge in [-0.05, 0) is 109 Å². The summed E-state index contributed by atoms with van der Waals surface area (Å²) in [5.74, 6) is 0.345. The molecule has 5 heteroatoms. The van der Waals surface area contributed by atoms with Gasteiger partial charge >= 0.3 is 0 Å². The third-order valence-electron chi connectivity index (χ3n) is 10.1. The second-order valence-corrected chi connectivity index (χ2v) is 14.1. The topological polar surface area (TPSA) is 30.5 Å². The molecule has 244 valence electrons. The predicted molar refractivity (Wildman–Crippen MR) is 193 cm³/mol. The Kier molecular flexibility index (Phi) is 12.4. The Bertz CT molecular complexity index is 1500. The fourth-order valence-electron chi connectivity index (χ4n) is 7.17. The molecule has 4 aromatic rings. The fourth-order valence-corrected chi connectivity index (χ4v) is 7.42. The van der Waals surface area contributed by atoms with Gasteiger partial charge in [0.1, 0.15) is 0 Å². The zero-order valence-corrected chi connectivity index (χ0v) is 29.4. The van der Waals surface area contributed by atoms with Crippen LogP contribution in [0.2, 0.25) is 10.0 Å². The van der Waals surface area contributed by atoms with Crippen LogP contribution in [0.4, 0.5) is 0 Å². The molecule has 0 saturated heterocycles. The van der Waals surface area contributed by atoms with Crippen molar-refractivity contribution in [2.75, 3.05) is 19.8 Å². The molecule has 46 heavy (non-hydrogen) atoms. The molecular weight excluding hydrogens is 609 g/mol. The fraction of sp³-hybridized carbons (Fsp3) is 0.415. The van der Waals surface area contributed by atoms with Crippen molar-refractivity contribution in [1.29, 1.82) is 0 Å². The second-order valence-electron chi connectivity index (χ2n) is 13.2. The van der Waals surface area contributed by atoms with E-state index >= 15 is 0 Å². The van der Waals surface area contributed by atoms with Crippen molar-refractivity contribution in [3.05, 3.63) is 139 Å². The highest BCUT2D eigenvalue weighted by Gasteiger charge is 2.41. The molecule has 2 atom stereocenters. The summed E-state index contributed by atoms with van der Waals surface area (Å²) in [5, 5.41) is 5.69. The van der Waals surface area contributed by atoms with Crippen molar-refractivity contribution in [3.8, 4) is 0 Å². The van der Waals surface area contributed by atoms with Crippen LogP contribution in [0.5, 0.6) is 0 Å². The molecule has 0 radical (unpaired) electrons. The molecule has 1 aliphatic rings. The molecule has 1 N–H and O–H groups in total. The van der Waals surface area contributed by atoms with Crippen molar-refractivity contribution in [2.24, 2.45) is 0 Å². The minimum absolute atomic E-state index is 0.107. The maximum Gasteiger partial charge on any atom is 0.0722 e. The third-order valence-corrected chi connectivity index (χ3v) is 10.6. The third kappa shape index (κ3) is 8.82. The molecule has 1 saturated carbocycles. The molecule has 0 spiro atoms. The van der Waals surface area contributed by atoms with E-state index in [2.05, 4.69) is 93.7 Å². The van der Waals surface area contributed by atoms with E-state index in [0.717, 1.165) is 29.4 Å². The van der Waals surface area contributed by atoms with Crippen molar-refractivity contribution < 1.29 is 9.47 Å². The number of benzene rings is 4. The summed E-state index contributed by atoms with van der Waals surface area (Å²) in [6.07, 6.45) is 5.86. The molecule has 2 unspecified atom stereocenters. The van der Waals surface area contributed by atoms with Crippen LogP contribution in [0, 0.1) is 27.7 Å². The summed E-state index contributed by atoms with van der Waals surface area (Å²) in [4.78, 5) is 0. The molecule has 0 amide bonds. The molecule has 3 nitrogen and oxygen atoms in total. The monoisotopic (exact) mass is 657 g/mol. The number of hydrogen-bond donors (Lipinski definition) is 1. The van der Waals surface area contributed by atoms with Gasteiger partial charge in [-0.2, -0.15) is 0 Å². The second kappa shape index (κ2) is 16.4. The molecule has 4 aromatic carbocycles. The number of aryl methyl sites for hydroxylation is 4. The minimum Gasteiger partial charge on any atom is -0.376 e. The standard InChI is InChI=1S/C41H49Cl2NO2/c1-29-10-8-11-30(2)38(29)26-45-25-35(33-14-18-36(42)19-15-33)24-44-41(22-6-5-7-23-41)40(34-16-20-37(43)21-17-34)28-46-27-39-31(3)12-9-13-32(39)4/h8-21,35,40,44H,5-7,22-28H2,1-4H3. The maximum absolute atomic E-state index is 6.63. The highest BCUT2D eigenvalue weighted by molar-refractivity contribution is 6.30. The lowest BCUT2D eigenvalue weighted by atomic mass is 9.70. The number of halogens is 2. The Labute approximate surface area is 286 Å². The van der Waals surface area contributed by atoms with Crippen LogP contribution < -0.4 is 5.32 Å². The van der Waals surface area contributed by atoms with Crippen LogP contribution in [0.15, 0.2) is 84.9 Å². The SMILES string of the molecule is Cc1cccc(C)c1COCC(CNC1(C(COCc2c(C)cccc2C)c2ccc(Cl)cc2)CCCCC1)c1ccc(Cl)cc1. The minimum atomic E-state index is -0.107. The van der Waals surface area contributed by atoms with Gasteiger partial charge in [-0.25, -0.2) is 0 Å². The van der Waals surface area contributed by atoms with E-state index in [1.54, 1.807) is 0 Å². The number of rotatable bonds is 14. The molecule has 0 bridgehead atoms. The largest absolute Gasteiger partial charge is 0.376 e. The van der Waals surface area contributed by atoms with E-state index in [9.17, 15) is 0 Å². The Morgan fingerprint density at radius 3 is 1.57 bits per heavy atom. The van der Waals surface area contributed by atoms with Gasteiger partial charge in [-0.1, -0.05) is 103 Å². The van der Waals surface area contributed by atoms with Gasteiger partial charge < -0.3 is 14.8 Å². The van der Waals surface area contributed by atoms with Crippen LogP contribution in [0.25, 0.3) is 0 Å².